The Bertz CT molecular complexity index is 1090. The molecule has 0 aromatic carbocycles. The third-order valence-electron chi connectivity index (χ3n) is 6.46. The third-order valence-corrected chi connectivity index (χ3v) is 11.0. The van der Waals surface area contributed by atoms with Gasteiger partial charge in [-0.25, -0.2) is 4.79 Å². The number of hydrogen-bond acceptors (Lipinski definition) is 6. The van der Waals surface area contributed by atoms with E-state index >= 15 is 0 Å². The molecule has 3 N–H and O–H groups in total. The van der Waals surface area contributed by atoms with Crippen LogP contribution in [0.15, 0.2) is 49.8 Å². The molecular weight excluding hydrogens is 474 g/mol. The molecule has 10 heteroatoms. The average molecular weight is 514 g/mol. The van der Waals surface area contributed by atoms with Gasteiger partial charge in [0.1, 0.15) is 6.10 Å². The topological polar surface area (TPSA) is 121 Å². The van der Waals surface area contributed by atoms with Crippen LogP contribution in [0.4, 0.5) is 10.5 Å². The molecule has 2 atom stereocenters. The lowest BCUT2D eigenvalue weighted by molar-refractivity contribution is -0.118. The number of pyridine rings is 1. The van der Waals surface area contributed by atoms with Crippen LogP contribution in [0.1, 0.15) is 45.9 Å². The highest BCUT2D eigenvalue weighted by molar-refractivity contribution is 6.74. The molecule has 0 aliphatic carbocycles. The average Bonchev–Trinajstić information content (AvgIpc) is 3.19. The zero-order valence-corrected chi connectivity index (χ0v) is 23.2. The molecule has 0 saturated carbocycles. The number of carbonyl (C=O) groups is 2. The number of ether oxygens (including phenoxy) is 1. The fourth-order valence-electron chi connectivity index (χ4n) is 3.20. The van der Waals surface area contributed by atoms with Gasteiger partial charge in [0.25, 0.3) is 0 Å². The van der Waals surface area contributed by atoms with Gasteiger partial charge in [0.05, 0.1) is 42.3 Å². The number of nitrogens with one attached hydrogen (secondary N) is 1. The summed E-state index contributed by atoms with van der Waals surface area (Å²) in [4.78, 5) is 28.4. The maximum absolute atomic E-state index is 12.6. The number of hydrogen-bond donors (Lipinski definition) is 2. The molecule has 36 heavy (non-hydrogen) atoms. The van der Waals surface area contributed by atoms with E-state index < -0.39 is 20.5 Å². The molecule has 0 radical (unpaired) electrons. The number of amides is 2. The van der Waals surface area contributed by atoms with E-state index in [1.807, 2.05) is 6.07 Å². The van der Waals surface area contributed by atoms with Crippen molar-refractivity contribution in [2.45, 2.75) is 64.9 Å². The van der Waals surface area contributed by atoms with Crippen LogP contribution in [0, 0.1) is 5.92 Å². The Morgan fingerprint density at radius 1 is 1.31 bits per heavy atom. The monoisotopic (exact) mass is 513 g/mol. The molecule has 2 heterocycles. The summed E-state index contributed by atoms with van der Waals surface area (Å²) >= 11 is 0. The minimum atomic E-state index is -1.95. The van der Waals surface area contributed by atoms with Gasteiger partial charge in [-0.3, -0.25) is 14.5 Å². The Hall–Kier alpha value is -3.24. The number of carbonyl (C=O) groups excluding carboxylic acids is 2. The van der Waals surface area contributed by atoms with E-state index in [9.17, 15) is 9.59 Å². The largest absolute Gasteiger partial charge is 0.440 e. The summed E-state index contributed by atoms with van der Waals surface area (Å²) in [7, 11) is -1.95. The second kappa shape index (κ2) is 12.1. The van der Waals surface area contributed by atoms with E-state index in [1.165, 1.54) is 0 Å². The van der Waals surface area contributed by atoms with Gasteiger partial charge in [0.2, 0.25) is 5.91 Å². The van der Waals surface area contributed by atoms with Gasteiger partial charge in [-0.1, -0.05) is 39.8 Å². The van der Waals surface area contributed by atoms with Gasteiger partial charge in [0.15, 0.2) is 8.32 Å². The highest BCUT2D eigenvalue weighted by atomic mass is 28.4. The molecule has 0 unspecified atom stereocenters. The SMILES string of the molecule is C=CC[C@H](OC(N)=O)c1cc(-c2c(NC(=O)[C@H](C)C=C)cnn2CCO[Si](C)(C)C(C)(C)C)ccn1. The summed E-state index contributed by atoms with van der Waals surface area (Å²) in [6.45, 7) is 21.1. The van der Waals surface area contributed by atoms with Gasteiger partial charge in [-0.05, 0) is 30.3 Å². The van der Waals surface area contributed by atoms with Crippen molar-refractivity contribution >= 4 is 26.0 Å². The summed E-state index contributed by atoms with van der Waals surface area (Å²) in [6, 6.07) is 3.61. The van der Waals surface area contributed by atoms with Gasteiger partial charge < -0.3 is 20.2 Å². The van der Waals surface area contributed by atoms with Crippen LogP contribution in [0.3, 0.4) is 0 Å². The quantitative estimate of drug-likeness (QED) is 0.288. The molecule has 2 rings (SSSR count). The predicted molar refractivity (Wildman–Crippen MR) is 145 cm³/mol. The van der Waals surface area contributed by atoms with E-state index in [0.717, 1.165) is 5.56 Å². The molecule has 2 aromatic heterocycles. The van der Waals surface area contributed by atoms with Crippen molar-refractivity contribution in [2.75, 3.05) is 11.9 Å². The van der Waals surface area contributed by atoms with Gasteiger partial charge >= 0.3 is 6.09 Å². The van der Waals surface area contributed by atoms with Crippen molar-refractivity contribution in [3.8, 4) is 11.3 Å². The summed E-state index contributed by atoms with van der Waals surface area (Å²) in [5.41, 5.74) is 7.75. The fourth-order valence-corrected chi connectivity index (χ4v) is 4.24. The Morgan fingerprint density at radius 2 is 2.00 bits per heavy atom. The van der Waals surface area contributed by atoms with E-state index in [1.54, 1.807) is 42.2 Å². The number of rotatable bonds is 12. The smallest absolute Gasteiger partial charge is 0.405 e. The summed E-state index contributed by atoms with van der Waals surface area (Å²) in [6.07, 6.45) is 5.22. The second-order valence-electron chi connectivity index (χ2n) is 10.2. The molecule has 0 saturated heterocycles. The zero-order chi connectivity index (χ0) is 27.1. The molecule has 2 amide bonds. The summed E-state index contributed by atoms with van der Waals surface area (Å²) in [5.74, 6) is -0.573. The Balaban J connectivity index is 2.46. The van der Waals surface area contributed by atoms with E-state index in [2.05, 4.69) is 62.4 Å². The summed E-state index contributed by atoms with van der Waals surface area (Å²) in [5, 5.41) is 7.57. The first-order valence-electron chi connectivity index (χ1n) is 12.0. The Labute approximate surface area is 214 Å². The normalized spacial score (nSPS) is 13.5. The number of aromatic nitrogens is 3. The van der Waals surface area contributed by atoms with Crippen molar-refractivity contribution in [1.82, 2.24) is 14.8 Å². The van der Waals surface area contributed by atoms with E-state index in [4.69, 9.17) is 14.9 Å². The molecular formula is C26H39N5O4Si. The molecule has 0 aliphatic rings. The number of nitrogens with zero attached hydrogens (tertiary/aromatic N) is 3. The minimum absolute atomic E-state index is 0.0838. The molecule has 0 bridgehead atoms. The number of nitrogens with two attached hydrogens (primary N) is 1. The Kier molecular flexibility index (Phi) is 9.77. The van der Waals surface area contributed by atoms with Crippen molar-refractivity contribution in [2.24, 2.45) is 11.7 Å². The van der Waals surface area contributed by atoms with Crippen LogP contribution in [-0.4, -0.2) is 41.7 Å². The second-order valence-corrected chi connectivity index (χ2v) is 15.0. The first kappa shape index (κ1) is 29.0. The van der Waals surface area contributed by atoms with Crippen LogP contribution >= 0.6 is 0 Å². The lowest BCUT2D eigenvalue weighted by Crippen LogP contribution is -2.41. The number of anilines is 1. The van der Waals surface area contributed by atoms with Crippen LogP contribution < -0.4 is 11.1 Å². The first-order chi connectivity index (χ1) is 16.8. The van der Waals surface area contributed by atoms with Crippen molar-refractivity contribution < 1.29 is 18.8 Å². The van der Waals surface area contributed by atoms with E-state index in [0.29, 0.717) is 36.6 Å². The molecule has 9 nitrogen and oxygen atoms in total. The van der Waals surface area contributed by atoms with Gasteiger partial charge in [0, 0.05) is 18.2 Å². The zero-order valence-electron chi connectivity index (χ0n) is 22.2. The van der Waals surface area contributed by atoms with Crippen LogP contribution in [0.5, 0.6) is 0 Å². The molecule has 0 aliphatic heterocycles. The van der Waals surface area contributed by atoms with Crippen LogP contribution in [-0.2, 0) is 20.5 Å². The standard InChI is InChI=1S/C26H39N5O4Si/c1-9-11-22(35-25(27)33)20-16-19(12-13-28-20)23-21(30-24(32)18(3)10-2)17-29-31(23)14-15-34-36(7,8)26(4,5)6/h9-10,12-13,16-18,22H,1-2,11,14-15H2,3-8H3,(H2,27,33)(H,30,32)/t18-,22+/m1/s1. The Morgan fingerprint density at radius 3 is 2.58 bits per heavy atom. The predicted octanol–water partition coefficient (Wildman–Crippen LogP) is 5.44. The maximum atomic E-state index is 12.6. The lowest BCUT2D eigenvalue weighted by atomic mass is 10.1. The molecule has 0 spiro atoms. The number of primary amides is 1. The molecule has 196 valence electrons. The van der Waals surface area contributed by atoms with E-state index in [-0.39, 0.29) is 16.9 Å². The molecule has 2 aromatic rings. The van der Waals surface area contributed by atoms with Gasteiger partial charge in [-0.2, -0.15) is 5.10 Å². The van der Waals surface area contributed by atoms with Crippen molar-refractivity contribution in [3.63, 3.8) is 0 Å². The first-order valence-corrected chi connectivity index (χ1v) is 14.9. The maximum Gasteiger partial charge on any atom is 0.405 e. The van der Waals surface area contributed by atoms with Crippen molar-refractivity contribution in [1.29, 1.82) is 0 Å². The van der Waals surface area contributed by atoms with Crippen LogP contribution in [0.2, 0.25) is 18.1 Å². The third kappa shape index (κ3) is 7.38. The lowest BCUT2D eigenvalue weighted by Gasteiger charge is -2.36. The highest BCUT2D eigenvalue weighted by Crippen LogP contribution is 2.37. The van der Waals surface area contributed by atoms with Crippen molar-refractivity contribution in [3.05, 3.63) is 55.5 Å². The highest BCUT2D eigenvalue weighted by Gasteiger charge is 2.37. The molecule has 0 fully saturated rings. The minimum Gasteiger partial charge on any atom is -0.440 e. The van der Waals surface area contributed by atoms with Crippen LogP contribution in [0.25, 0.3) is 11.3 Å². The fraction of sp³-hybridized carbons (Fsp3) is 0.462. The van der Waals surface area contributed by atoms with Gasteiger partial charge in [-0.15, -0.1) is 13.2 Å². The summed E-state index contributed by atoms with van der Waals surface area (Å²) < 4.78 is 13.4.